The lowest BCUT2D eigenvalue weighted by Crippen LogP contribution is -2.27. The first-order valence-electron chi connectivity index (χ1n) is 5.82. The fourth-order valence-corrected chi connectivity index (χ4v) is 1.68. The lowest BCUT2D eigenvalue weighted by Gasteiger charge is -2.17. The molecule has 1 amide bonds. The van der Waals surface area contributed by atoms with Crippen molar-refractivity contribution in [3.8, 4) is 5.88 Å². The van der Waals surface area contributed by atoms with E-state index < -0.39 is 0 Å². The largest absolute Gasteiger partial charge is 0.480 e. The van der Waals surface area contributed by atoms with Crippen LogP contribution in [-0.2, 0) is 0 Å². The SMILES string of the molecule is COc1cncc(C(=O)N(C)c2cccc(C)c2)n1. The van der Waals surface area contributed by atoms with E-state index in [1.54, 1.807) is 7.05 Å². The fraction of sp³-hybridized carbons (Fsp3) is 0.214. The highest BCUT2D eigenvalue weighted by Gasteiger charge is 2.16. The van der Waals surface area contributed by atoms with Gasteiger partial charge >= 0.3 is 0 Å². The van der Waals surface area contributed by atoms with Gasteiger partial charge in [-0.25, -0.2) is 4.98 Å². The van der Waals surface area contributed by atoms with Gasteiger partial charge in [-0.15, -0.1) is 0 Å². The molecule has 0 spiro atoms. The van der Waals surface area contributed by atoms with Crippen LogP contribution in [0.5, 0.6) is 5.88 Å². The van der Waals surface area contributed by atoms with Crippen molar-refractivity contribution in [2.45, 2.75) is 6.92 Å². The second kappa shape index (κ2) is 5.48. The first-order chi connectivity index (χ1) is 9.11. The molecule has 1 aromatic heterocycles. The highest BCUT2D eigenvalue weighted by molar-refractivity contribution is 6.04. The molecule has 5 heteroatoms. The monoisotopic (exact) mass is 257 g/mol. The number of amides is 1. The second-order valence-electron chi connectivity index (χ2n) is 4.15. The normalized spacial score (nSPS) is 10.1. The maximum Gasteiger partial charge on any atom is 0.278 e. The Hall–Kier alpha value is -2.43. The van der Waals surface area contributed by atoms with E-state index in [1.807, 2.05) is 31.2 Å². The number of aromatic nitrogens is 2. The van der Waals surface area contributed by atoms with Crippen molar-refractivity contribution in [2.75, 3.05) is 19.1 Å². The first kappa shape index (κ1) is 13.0. The lowest BCUT2D eigenvalue weighted by atomic mass is 10.2. The number of nitrogens with zero attached hydrogens (tertiary/aromatic N) is 3. The summed E-state index contributed by atoms with van der Waals surface area (Å²) in [4.78, 5) is 21.8. The van der Waals surface area contributed by atoms with E-state index >= 15 is 0 Å². The zero-order valence-corrected chi connectivity index (χ0v) is 11.1. The van der Waals surface area contributed by atoms with Crippen LogP contribution in [-0.4, -0.2) is 30.0 Å². The number of benzene rings is 1. The van der Waals surface area contributed by atoms with Crippen LogP contribution < -0.4 is 9.64 Å². The van der Waals surface area contributed by atoms with Gasteiger partial charge in [-0.1, -0.05) is 12.1 Å². The Bertz CT molecular complexity index is 599. The molecule has 2 aromatic rings. The number of methoxy groups -OCH3 is 1. The van der Waals surface area contributed by atoms with Crippen LogP contribution in [0.2, 0.25) is 0 Å². The van der Waals surface area contributed by atoms with Gasteiger partial charge in [-0.3, -0.25) is 9.78 Å². The Morgan fingerprint density at radius 2 is 2.11 bits per heavy atom. The van der Waals surface area contributed by atoms with Crippen LogP contribution in [0.1, 0.15) is 16.1 Å². The molecule has 0 saturated heterocycles. The maximum atomic E-state index is 12.3. The summed E-state index contributed by atoms with van der Waals surface area (Å²) >= 11 is 0. The average molecular weight is 257 g/mol. The van der Waals surface area contributed by atoms with Crippen LogP contribution in [0.15, 0.2) is 36.7 Å². The Kier molecular flexibility index (Phi) is 3.75. The van der Waals surface area contributed by atoms with Crippen molar-refractivity contribution in [1.29, 1.82) is 0 Å². The zero-order chi connectivity index (χ0) is 13.8. The minimum Gasteiger partial charge on any atom is -0.480 e. The van der Waals surface area contributed by atoms with Crippen LogP contribution >= 0.6 is 0 Å². The number of rotatable bonds is 3. The van der Waals surface area contributed by atoms with Gasteiger partial charge in [-0.05, 0) is 24.6 Å². The predicted octanol–water partition coefficient (Wildman–Crippen LogP) is 2.07. The summed E-state index contributed by atoms with van der Waals surface area (Å²) in [7, 11) is 3.20. The van der Waals surface area contributed by atoms with Gasteiger partial charge in [0.2, 0.25) is 5.88 Å². The number of hydrogen-bond donors (Lipinski definition) is 0. The minimum atomic E-state index is -0.225. The molecule has 0 fully saturated rings. The molecule has 1 aromatic carbocycles. The predicted molar refractivity (Wildman–Crippen MR) is 72.5 cm³/mol. The summed E-state index contributed by atoms with van der Waals surface area (Å²) in [6.07, 6.45) is 2.89. The van der Waals surface area contributed by atoms with E-state index in [1.165, 1.54) is 24.4 Å². The molecule has 0 N–H and O–H groups in total. The zero-order valence-electron chi connectivity index (χ0n) is 11.1. The summed E-state index contributed by atoms with van der Waals surface area (Å²) in [6.45, 7) is 1.98. The molecule has 0 aliphatic heterocycles. The number of ether oxygens (including phenoxy) is 1. The highest BCUT2D eigenvalue weighted by Crippen LogP contribution is 2.16. The highest BCUT2D eigenvalue weighted by atomic mass is 16.5. The molecular formula is C14H15N3O2. The Labute approximate surface area is 111 Å². The van der Waals surface area contributed by atoms with E-state index in [0.717, 1.165) is 11.3 Å². The molecule has 2 rings (SSSR count). The average Bonchev–Trinajstić information content (AvgIpc) is 2.45. The van der Waals surface area contributed by atoms with E-state index in [-0.39, 0.29) is 11.6 Å². The Morgan fingerprint density at radius 3 is 2.79 bits per heavy atom. The van der Waals surface area contributed by atoms with Crippen LogP contribution in [0.3, 0.4) is 0 Å². The van der Waals surface area contributed by atoms with Gasteiger partial charge in [0.25, 0.3) is 5.91 Å². The van der Waals surface area contributed by atoms with Crippen LogP contribution in [0.4, 0.5) is 5.69 Å². The molecule has 0 aliphatic carbocycles. The van der Waals surface area contributed by atoms with E-state index in [2.05, 4.69) is 9.97 Å². The minimum absolute atomic E-state index is 0.225. The topological polar surface area (TPSA) is 55.3 Å². The Balaban J connectivity index is 2.28. The van der Waals surface area contributed by atoms with Crippen LogP contribution in [0, 0.1) is 6.92 Å². The van der Waals surface area contributed by atoms with Crippen molar-refractivity contribution in [3.05, 3.63) is 47.9 Å². The smallest absolute Gasteiger partial charge is 0.278 e. The van der Waals surface area contributed by atoms with Crippen molar-refractivity contribution in [3.63, 3.8) is 0 Å². The van der Waals surface area contributed by atoms with Gasteiger partial charge in [-0.2, -0.15) is 0 Å². The maximum absolute atomic E-state index is 12.3. The molecule has 0 radical (unpaired) electrons. The second-order valence-corrected chi connectivity index (χ2v) is 4.15. The van der Waals surface area contributed by atoms with E-state index in [0.29, 0.717) is 5.88 Å². The third-order valence-corrected chi connectivity index (χ3v) is 2.73. The summed E-state index contributed by atoms with van der Waals surface area (Å²) in [5, 5.41) is 0. The molecule has 1 heterocycles. The number of carbonyl (C=O) groups is 1. The molecule has 19 heavy (non-hydrogen) atoms. The quantitative estimate of drug-likeness (QED) is 0.844. The lowest BCUT2D eigenvalue weighted by molar-refractivity contribution is 0.0987. The third-order valence-electron chi connectivity index (χ3n) is 2.73. The number of hydrogen-bond acceptors (Lipinski definition) is 4. The van der Waals surface area contributed by atoms with Gasteiger partial charge in [0.05, 0.1) is 19.5 Å². The molecule has 0 unspecified atom stereocenters. The number of anilines is 1. The van der Waals surface area contributed by atoms with Crippen molar-refractivity contribution in [2.24, 2.45) is 0 Å². The van der Waals surface area contributed by atoms with Gasteiger partial charge < -0.3 is 9.64 Å². The molecule has 0 aliphatic rings. The standard InChI is InChI=1S/C14H15N3O2/c1-10-5-4-6-11(7-10)17(2)14(18)12-8-15-9-13(16-12)19-3/h4-9H,1-3H3. The van der Waals surface area contributed by atoms with Crippen LogP contribution in [0.25, 0.3) is 0 Å². The first-order valence-corrected chi connectivity index (χ1v) is 5.82. The van der Waals surface area contributed by atoms with Crippen molar-refractivity contribution >= 4 is 11.6 Å². The van der Waals surface area contributed by atoms with Crippen molar-refractivity contribution < 1.29 is 9.53 Å². The number of carbonyl (C=O) groups excluding carboxylic acids is 1. The molecular weight excluding hydrogens is 242 g/mol. The Morgan fingerprint density at radius 1 is 1.32 bits per heavy atom. The molecule has 0 atom stereocenters. The molecule has 5 nitrogen and oxygen atoms in total. The van der Waals surface area contributed by atoms with Gasteiger partial charge in [0.15, 0.2) is 5.69 Å². The van der Waals surface area contributed by atoms with Gasteiger partial charge in [0.1, 0.15) is 0 Å². The summed E-state index contributed by atoms with van der Waals surface area (Å²) in [5.41, 5.74) is 2.16. The summed E-state index contributed by atoms with van der Waals surface area (Å²) < 4.78 is 4.97. The van der Waals surface area contributed by atoms with Crippen molar-refractivity contribution in [1.82, 2.24) is 9.97 Å². The van der Waals surface area contributed by atoms with Gasteiger partial charge in [0, 0.05) is 12.7 Å². The summed E-state index contributed by atoms with van der Waals surface area (Å²) in [5.74, 6) is 0.0977. The molecule has 98 valence electrons. The number of aryl methyl sites for hydroxylation is 1. The third kappa shape index (κ3) is 2.88. The van der Waals surface area contributed by atoms with E-state index in [9.17, 15) is 4.79 Å². The summed E-state index contributed by atoms with van der Waals surface area (Å²) in [6, 6.07) is 7.70. The fourth-order valence-electron chi connectivity index (χ4n) is 1.68. The van der Waals surface area contributed by atoms with E-state index in [4.69, 9.17) is 4.74 Å². The molecule has 0 bridgehead atoms. The molecule has 0 saturated carbocycles.